The second kappa shape index (κ2) is 7.22. The molecule has 1 aromatic carbocycles. The van der Waals surface area contributed by atoms with E-state index in [0.29, 0.717) is 5.46 Å². The molecule has 0 atom stereocenters. The highest BCUT2D eigenvalue weighted by molar-refractivity contribution is 6.32. The van der Waals surface area contributed by atoms with E-state index in [1.54, 1.807) is 24.3 Å². The molecule has 1 heterocycles. The summed E-state index contributed by atoms with van der Waals surface area (Å²) >= 11 is 0. The predicted octanol–water partition coefficient (Wildman–Crippen LogP) is 0.894. The number of hydrogen-bond donors (Lipinski definition) is 0. The fourth-order valence-electron chi connectivity index (χ4n) is 1.82. The van der Waals surface area contributed by atoms with E-state index in [9.17, 15) is 4.79 Å². The first-order valence-corrected chi connectivity index (χ1v) is 6.50. The first-order chi connectivity index (χ1) is 8.66. The molecule has 1 aliphatic rings. The van der Waals surface area contributed by atoms with Crippen LogP contribution in [0.5, 0.6) is 0 Å². The van der Waals surface area contributed by atoms with Crippen LogP contribution in [0.15, 0.2) is 24.3 Å². The smallest absolute Gasteiger partial charge is 0.253 e. The molecule has 0 aromatic heterocycles. The van der Waals surface area contributed by atoms with E-state index in [0.717, 1.165) is 31.7 Å². The SMILES string of the molecule is CC.[B]c1ccc(C(=O)N2CCN(C)CC2)cc1. The summed E-state index contributed by atoms with van der Waals surface area (Å²) in [5.41, 5.74) is 1.41. The summed E-state index contributed by atoms with van der Waals surface area (Å²) in [6.45, 7) is 7.50. The zero-order chi connectivity index (χ0) is 13.5. The molecular weight excluding hydrogens is 223 g/mol. The van der Waals surface area contributed by atoms with Gasteiger partial charge in [-0.1, -0.05) is 43.6 Å². The molecule has 2 rings (SSSR count). The molecule has 1 aromatic rings. The van der Waals surface area contributed by atoms with Gasteiger partial charge in [-0.15, -0.1) is 0 Å². The number of benzene rings is 1. The van der Waals surface area contributed by atoms with Crippen LogP contribution in [0.25, 0.3) is 0 Å². The largest absolute Gasteiger partial charge is 0.336 e. The van der Waals surface area contributed by atoms with E-state index in [1.807, 2.05) is 18.7 Å². The molecule has 0 unspecified atom stereocenters. The van der Waals surface area contributed by atoms with Crippen LogP contribution in [0.4, 0.5) is 0 Å². The Balaban J connectivity index is 0.000000771. The molecule has 1 aliphatic heterocycles. The summed E-state index contributed by atoms with van der Waals surface area (Å²) in [5, 5.41) is 0. The van der Waals surface area contributed by atoms with Crippen LogP contribution in [0.1, 0.15) is 24.2 Å². The van der Waals surface area contributed by atoms with Crippen molar-refractivity contribution in [1.29, 1.82) is 0 Å². The van der Waals surface area contributed by atoms with Crippen LogP contribution in [0, 0.1) is 0 Å². The molecule has 0 saturated carbocycles. The van der Waals surface area contributed by atoms with Crippen molar-refractivity contribution in [1.82, 2.24) is 9.80 Å². The zero-order valence-electron chi connectivity index (χ0n) is 11.5. The highest BCUT2D eigenvalue weighted by atomic mass is 16.2. The van der Waals surface area contributed by atoms with Gasteiger partial charge in [0.15, 0.2) is 0 Å². The van der Waals surface area contributed by atoms with E-state index < -0.39 is 0 Å². The Labute approximate surface area is 111 Å². The molecule has 3 nitrogen and oxygen atoms in total. The lowest BCUT2D eigenvalue weighted by atomic mass is 9.95. The number of likely N-dealkylation sites (N-methyl/N-ethyl adjacent to an activating group) is 1. The minimum absolute atomic E-state index is 0.105. The maximum atomic E-state index is 12.1. The average Bonchev–Trinajstić information content (AvgIpc) is 2.42. The summed E-state index contributed by atoms with van der Waals surface area (Å²) < 4.78 is 0. The van der Waals surface area contributed by atoms with Gasteiger partial charge in [0.25, 0.3) is 5.91 Å². The van der Waals surface area contributed by atoms with Crippen molar-refractivity contribution in [3.05, 3.63) is 29.8 Å². The Morgan fingerprint density at radius 1 is 1.06 bits per heavy atom. The Bertz CT molecular complexity index is 370. The normalized spacial score (nSPS) is 15.8. The van der Waals surface area contributed by atoms with Gasteiger partial charge in [-0.05, 0) is 7.05 Å². The van der Waals surface area contributed by atoms with Gasteiger partial charge < -0.3 is 9.80 Å². The first kappa shape index (κ1) is 14.8. The second-order valence-corrected chi connectivity index (χ2v) is 4.22. The van der Waals surface area contributed by atoms with Crippen molar-refractivity contribution in [2.24, 2.45) is 0 Å². The van der Waals surface area contributed by atoms with Gasteiger partial charge in [0, 0.05) is 31.7 Å². The van der Waals surface area contributed by atoms with Gasteiger partial charge in [-0.25, -0.2) is 0 Å². The highest BCUT2D eigenvalue weighted by Gasteiger charge is 2.19. The molecule has 0 spiro atoms. The van der Waals surface area contributed by atoms with E-state index >= 15 is 0 Å². The Kier molecular flexibility index (Phi) is 5.92. The third kappa shape index (κ3) is 3.88. The summed E-state index contributed by atoms with van der Waals surface area (Å²) in [6.07, 6.45) is 0. The standard InChI is InChI=1S/C12H15BN2O.C2H6/c1-14-6-8-15(9-7-14)12(16)10-2-4-11(13)5-3-10;1-2/h2-5H,6-9H2,1H3;1-2H3. The van der Waals surface area contributed by atoms with Gasteiger partial charge in [0.2, 0.25) is 0 Å². The van der Waals surface area contributed by atoms with Crippen molar-refractivity contribution in [2.45, 2.75) is 13.8 Å². The molecule has 1 saturated heterocycles. The maximum absolute atomic E-state index is 12.1. The molecule has 1 fully saturated rings. The third-order valence-electron chi connectivity index (χ3n) is 2.95. The maximum Gasteiger partial charge on any atom is 0.253 e. The third-order valence-corrected chi connectivity index (χ3v) is 2.95. The van der Waals surface area contributed by atoms with Crippen molar-refractivity contribution < 1.29 is 4.79 Å². The van der Waals surface area contributed by atoms with Crippen molar-refractivity contribution >= 4 is 19.2 Å². The number of nitrogens with zero attached hydrogens (tertiary/aromatic N) is 2. The topological polar surface area (TPSA) is 23.6 Å². The zero-order valence-corrected chi connectivity index (χ0v) is 11.5. The van der Waals surface area contributed by atoms with Crippen LogP contribution < -0.4 is 5.46 Å². The lowest BCUT2D eigenvalue weighted by molar-refractivity contribution is 0.0664. The quantitative estimate of drug-likeness (QED) is 0.685. The van der Waals surface area contributed by atoms with Gasteiger partial charge in [-0.2, -0.15) is 0 Å². The highest BCUT2D eigenvalue weighted by Crippen LogP contribution is 2.06. The number of hydrogen-bond acceptors (Lipinski definition) is 2. The summed E-state index contributed by atoms with van der Waals surface area (Å²) in [7, 11) is 7.67. The van der Waals surface area contributed by atoms with E-state index in [2.05, 4.69) is 11.9 Å². The molecule has 4 heteroatoms. The summed E-state index contributed by atoms with van der Waals surface area (Å²) in [4.78, 5) is 16.2. The Morgan fingerprint density at radius 3 is 2.06 bits per heavy atom. The number of carbonyl (C=O) groups excluding carboxylic acids is 1. The fraction of sp³-hybridized carbons (Fsp3) is 0.500. The molecule has 2 radical (unpaired) electrons. The van der Waals surface area contributed by atoms with Gasteiger partial charge in [0.05, 0.1) is 0 Å². The van der Waals surface area contributed by atoms with Gasteiger partial charge in [0.1, 0.15) is 7.85 Å². The van der Waals surface area contributed by atoms with E-state index in [-0.39, 0.29) is 5.91 Å². The van der Waals surface area contributed by atoms with Crippen LogP contribution in [0.2, 0.25) is 0 Å². The predicted molar refractivity (Wildman–Crippen MR) is 76.6 cm³/mol. The van der Waals surface area contributed by atoms with Crippen LogP contribution >= 0.6 is 0 Å². The lowest BCUT2D eigenvalue weighted by Crippen LogP contribution is -2.47. The average molecular weight is 244 g/mol. The summed E-state index contributed by atoms with van der Waals surface area (Å²) in [6, 6.07) is 7.11. The van der Waals surface area contributed by atoms with E-state index in [4.69, 9.17) is 7.85 Å². The molecule has 1 amide bonds. The number of carbonyl (C=O) groups is 1. The minimum Gasteiger partial charge on any atom is -0.336 e. The lowest BCUT2D eigenvalue weighted by Gasteiger charge is -2.32. The Hall–Kier alpha value is -1.29. The minimum atomic E-state index is 0.105. The number of amides is 1. The van der Waals surface area contributed by atoms with Crippen LogP contribution in [0.3, 0.4) is 0 Å². The first-order valence-electron chi connectivity index (χ1n) is 6.50. The van der Waals surface area contributed by atoms with Crippen molar-refractivity contribution in [2.75, 3.05) is 33.2 Å². The van der Waals surface area contributed by atoms with Crippen molar-refractivity contribution in [3.63, 3.8) is 0 Å². The molecule has 18 heavy (non-hydrogen) atoms. The number of rotatable bonds is 1. The Morgan fingerprint density at radius 2 is 1.56 bits per heavy atom. The summed E-state index contributed by atoms with van der Waals surface area (Å²) in [5.74, 6) is 0.105. The van der Waals surface area contributed by atoms with Gasteiger partial charge >= 0.3 is 0 Å². The fourth-order valence-corrected chi connectivity index (χ4v) is 1.82. The molecular formula is C14H21BN2O. The van der Waals surface area contributed by atoms with Crippen LogP contribution in [-0.2, 0) is 0 Å². The monoisotopic (exact) mass is 244 g/mol. The molecule has 96 valence electrons. The molecule has 0 N–H and O–H groups in total. The van der Waals surface area contributed by atoms with Crippen molar-refractivity contribution in [3.8, 4) is 0 Å². The van der Waals surface area contributed by atoms with Crippen LogP contribution in [-0.4, -0.2) is 56.8 Å². The van der Waals surface area contributed by atoms with E-state index in [1.165, 1.54) is 0 Å². The molecule has 0 bridgehead atoms. The number of piperazine rings is 1. The second-order valence-electron chi connectivity index (χ2n) is 4.22. The van der Waals surface area contributed by atoms with Gasteiger partial charge in [-0.3, -0.25) is 4.79 Å². The molecule has 0 aliphatic carbocycles.